The molecule has 0 unspecified atom stereocenters. The van der Waals surface area contributed by atoms with Gasteiger partial charge in [0.2, 0.25) is 0 Å². The molecular formula is C17H18O2S. The van der Waals surface area contributed by atoms with Gasteiger partial charge in [-0.3, -0.25) is 4.79 Å². The van der Waals surface area contributed by atoms with E-state index in [2.05, 4.69) is 19.1 Å². The summed E-state index contributed by atoms with van der Waals surface area (Å²) in [7, 11) is 0. The minimum atomic E-state index is 0.122. The quantitative estimate of drug-likeness (QED) is 0.582. The fourth-order valence-corrected chi connectivity index (χ4v) is 2.59. The average Bonchev–Trinajstić information content (AvgIpc) is 2.47. The Labute approximate surface area is 124 Å². The molecule has 0 N–H and O–H groups in total. The lowest BCUT2D eigenvalue weighted by atomic mass is 10.1. The third kappa shape index (κ3) is 4.14. The summed E-state index contributed by atoms with van der Waals surface area (Å²) in [4.78, 5) is 13.3. The molecule has 2 nitrogen and oxygen atoms in total. The van der Waals surface area contributed by atoms with Crippen LogP contribution in [0.15, 0.2) is 53.4 Å². The van der Waals surface area contributed by atoms with E-state index in [1.165, 1.54) is 5.56 Å². The highest BCUT2D eigenvalue weighted by atomic mass is 32.2. The summed E-state index contributed by atoms with van der Waals surface area (Å²) in [6.07, 6.45) is 0. The monoisotopic (exact) mass is 286 g/mol. The van der Waals surface area contributed by atoms with Gasteiger partial charge in [0.1, 0.15) is 5.75 Å². The zero-order valence-electron chi connectivity index (χ0n) is 11.8. The van der Waals surface area contributed by atoms with E-state index in [-0.39, 0.29) is 5.78 Å². The molecule has 0 bridgehead atoms. The number of Topliss-reactive ketones (excluding diaryl/α,β-unsaturated/α-hetero) is 1. The highest BCUT2D eigenvalue weighted by molar-refractivity contribution is 8.00. The number of aryl methyl sites for hydroxylation is 1. The van der Waals surface area contributed by atoms with Gasteiger partial charge in [-0.05, 0) is 38.1 Å². The standard InChI is InChI=1S/C17H18O2S/c1-3-19-15-6-4-5-14(11-15)17(18)12-20-16-9-7-13(2)8-10-16/h4-11H,3,12H2,1-2H3. The van der Waals surface area contributed by atoms with Gasteiger partial charge in [0.15, 0.2) is 5.78 Å². The van der Waals surface area contributed by atoms with Crippen molar-refractivity contribution in [2.75, 3.05) is 12.4 Å². The Morgan fingerprint density at radius 1 is 1.15 bits per heavy atom. The van der Waals surface area contributed by atoms with Gasteiger partial charge >= 0.3 is 0 Å². The minimum absolute atomic E-state index is 0.122. The van der Waals surface area contributed by atoms with Crippen molar-refractivity contribution in [1.29, 1.82) is 0 Å². The molecule has 0 heterocycles. The number of ketones is 1. The maximum absolute atomic E-state index is 12.2. The first-order valence-electron chi connectivity index (χ1n) is 6.64. The Morgan fingerprint density at radius 2 is 1.90 bits per heavy atom. The van der Waals surface area contributed by atoms with E-state index >= 15 is 0 Å². The number of rotatable bonds is 6. The summed E-state index contributed by atoms with van der Waals surface area (Å²) in [5.74, 6) is 1.31. The maximum Gasteiger partial charge on any atom is 0.173 e. The van der Waals surface area contributed by atoms with Crippen molar-refractivity contribution in [2.24, 2.45) is 0 Å². The lowest BCUT2D eigenvalue weighted by molar-refractivity contribution is 0.102. The zero-order chi connectivity index (χ0) is 14.4. The van der Waals surface area contributed by atoms with E-state index < -0.39 is 0 Å². The largest absolute Gasteiger partial charge is 0.494 e. The Kier molecular flexibility index (Phi) is 5.24. The van der Waals surface area contributed by atoms with Crippen molar-refractivity contribution in [3.05, 3.63) is 59.7 Å². The van der Waals surface area contributed by atoms with Crippen LogP contribution in [0.3, 0.4) is 0 Å². The second-order valence-corrected chi connectivity index (χ2v) is 5.53. The molecule has 2 aromatic carbocycles. The Morgan fingerprint density at radius 3 is 2.60 bits per heavy atom. The lowest BCUT2D eigenvalue weighted by Gasteiger charge is -2.06. The van der Waals surface area contributed by atoms with Crippen LogP contribution in [0.2, 0.25) is 0 Å². The van der Waals surface area contributed by atoms with Gasteiger partial charge in [0.05, 0.1) is 12.4 Å². The van der Waals surface area contributed by atoms with Crippen molar-refractivity contribution in [3.8, 4) is 5.75 Å². The van der Waals surface area contributed by atoms with Crippen LogP contribution >= 0.6 is 11.8 Å². The molecule has 2 rings (SSSR count). The van der Waals surface area contributed by atoms with Crippen LogP contribution in [0.5, 0.6) is 5.75 Å². The fourth-order valence-electron chi connectivity index (χ4n) is 1.79. The average molecular weight is 286 g/mol. The van der Waals surface area contributed by atoms with Crippen LogP contribution in [0.1, 0.15) is 22.8 Å². The van der Waals surface area contributed by atoms with Gasteiger partial charge < -0.3 is 4.74 Å². The molecule has 0 saturated carbocycles. The van der Waals surface area contributed by atoms with E-state index in [0.717, 1.165) is 10.6 Å². The van der Waals surface area contributed by atoms with Crippen molar-refractivity contribution < 1.29 is 9.53 Å². The summed E-state index contributed by atoms with van der Waals surface area (Å²) in [6.45, 7) is 4.59. The van der Waals surface area contributed by atoms with E-state index in [1.54, 1.807) is 11.8 Å². The van der Waals surface area contributed by atoms with E-state index in [9.17, 15) is 4.79 Å². The molecule has 0 fully saturated rings. The molecule has 2 aromatic rings. The Bertz CT molecular complexity index is 576. The molecule has 0 aliphatic carbocycles. The SMILES string of the molecule is CCOc1cccc(C(=O)CSc2ccc(C)cc2)c1. The molecule has 0 amide bonds. The summed E-state index contributed by atoms with van der Waals surface area (Å²) in [6, 6.07) is 15.6. The number of thioether (sulfide) groups is 1. The number of carbonyl (C=O) groups is 1. The molecule has 0 atom stereocenters. The van der Waals surface area contributed by atoms with Crippen LogP contribution in [0.25, 0.3) is 0 Å². The molecule has 0 saturated heterocycles. The molecule has 0 spiro atoms. The van der Waals surface area contributed by atoms with Gasteiger partial charge in [0.25, 0.3) is 0 Å². The highest BCUT2D eigenvalue weighted by Crippen LogP contribution is 2.21. The summed E-state index contributed by atoms with van der Waals surface area (Å²) in [5, 5.41) is 0. The Hall–Kier alpha value is -1.74. The number of hydrogen-bond donors (Lipinski definition) is 0. The topological polar surface area (TPSA) is 26.3 Å². The smallest absolute Gasteiger partial charge is 0.173 e. The molecule has 0 aliphatic heterocycles. The van der Waals surface area contributed by atoms with E-state index in [4.69, 9.17) is 4.74 Å². The fraction of sp³-hybridized carbons (Fsp3) is 0.235. The molecule has 0 radical (unpaired) electrons. The number of carbonyl (C=O) groups excluding carboxylic acids is 1. The molecule has 0 aromatic heterocycles. The first kappa shape index (κ1) is 14.7. The van der Waals surface area contributed by atoms with Gasteiger partial charge in [-0.2, -0.15) is 0 Å². The highest BCUT2D eigenvalue weighted by Gasteiger charge is 2.07. The molecule has 104 valence electrons. The molecular weight excluding hydrogens is 268 g/mol. The molecule has 20 heavy (non-hydrogen) atoms. The van der Waals surface area contributed by atoms with Crippen LogP contribution < -0.4 is 4.74 Å². The van der Waals surface area contributed by atoms with Crippen LogP contribution in [-0.4, -0.2) is 18.1 Å². The number of hydrogen-bond acceptors (Lipinski definition) is 3. The number of ether oxygens (including phenoxy) is 1. The summed E-state index contributed by atoms with van der Waals surface area (Å²) in [5.41, 5.74) is 1.93. The summed E-state index contributed by atoms with van der Waals surface area (Å²) >= 11 is 1.56. The van der Waals surface area contributed by atoms with E-state index in [1.807, 2.05) is 43.3 Å². The van der Waals surface area contributed by atoms with Crippen LogP contribution in [0.4, 0.5) is 0 Å². The molecule has 0 aliphatic rings. The zero-order valence-corrected chi connectivity index (χ0v) is 12.6. The normalized spacial score (nSPS) is 10.3. The number of benzene rings is 2. The van der Waals surface area contributed by atoms with Crippen LogP contribution in [-0.2, 0) is 0 Å². The second kappa shape index (κ2) is 7.15. The predicted octanol–water partition coefficient (Wildman–Crippen LogP) is 4.37. The molecule has 3 heteroatoms. The third-order valence-corrected chi connectivity index (χ3v) is 3.87. The van der Waals surface area contributed by atoms with Crippen molar-refractivity contribution >= 4 is 17.5 Å². The maximum atomic E-state index is 12.2. The first-order valence-corrected chi connectivity index (χ1v) is 7.63. The van der Waals surface area contributed by atoms with Crippen molar-refractivity contribution in [1.82, 2.24) is 0 Å². The van der Waals surface area contributed by atoms with Gasteiger partial charge in [-0.1, -0.05) is 29.8 Å². The third-order valence-electron chi connectivity index (χ3n) is 2.86. The Balaban J connectivity index is 1.97. The predicted molar refractivity (Wildman–Crippen MR) is 83.8 cm³/mol. The van der Waals surface area contributed by atoms with Gasteiger partial charge in [0, 0.05) is 10.5 Å². The first-order chi connectivity index (χ1) is 9.69. The van der Waals surface area contributed by atoms with Gasteiger partial charge in [-0.25, -0.2) is 0 Å². The van der Waals surface area contributed by atoms with Crippen molar-refractivity contribution in [2.45, 2.75) is 18.7 Å². The lowest BCUT2D eigenvalue weighted by Crippen LogP contribution is -2.03. The van der Waals surface area contributed by atoms with Crippen LogP contribution in [0, 0.1) is 6.92 Å². The van der Waals surface area contributed by atoms with E-state index in [0.29, 0.717) is 17.9 Å². The second-order valence-electron chi connectivity index (χ2n) is 4.49. The minimum Gasteiger partial charge on any atom is -0.494 e. The van der Waals surface area contributed by atoms with Crippen molar-refractivity contribution in [3.63, 3.8) is 0 Å². The summed E-state index contributed by atoms with van der Waals surface area (Å²) < 4.78 is 5.41. The van der Waals surface area contributed by atoms with Gasteiger partial charge in [-0.15, -0.1) is 11.8 Å².